The molecule has 1 N–H and O–H groups in total. The Morgan fingerprint density at radius 1 is 1.42 bits per heavy atom. The second-order valence-corrected chi connectivity index (χ2v) is 7.65. The van der Waals surface area contributed by atoms with Crippen LogP contribution >= 0.6 is 43.2 Å². The first-order valence-electron chi connectivity index (χ1n) is 6.22. The normalized spacial score (nSPS) is 12.6. The summed E-state index contributed by atoms with van der Waals surface area (Å²) in [6.45, 7) is 5.31. The van der Waals surface area contributed by atoms with Crippen LogP contribution in [0.1, 0.15) is 35.4 Å². The van der Waals surface area contributed by atoms with Crippen LogP contribution in [-0.4, -0.2) is 11.5 Å². The molecule has 0 aliphatic heterocycles. The quantitative estimate of drug-likeness (QED) is 0.753. The van der Waals surface area contributed by atoms with Crippen LogP contribution in [0.4, 0.5) is 0 Å². The second kappa shape index (κ2) is 6.97. The largest absolute Gasteiger partial charge is 0.306 e. The van der Waals surface area contributed by atoms with Crippen LogP contribution in [0, 0.1) is 6.92 Å². The Bertz CT molecular complexity index is 535. The number of nitrogens with one attached hydrogen (secondary N) is 1. The van der Waals surface area contributed by atoms with Gasteiger partial charge in [-0.15, -0.1) is 11.3 Å². The fraction of sp³-hybridized carbons (Fsp3) is 0.357. The average molecular weight is 404 g/mol. The zero-order chi connectivity index (χ0) is 13.8. The summed E-state index contributed by atoms with van der Waals surface area (Å²) in [5.74, 6) is 0. The van der Waals surface area contributed by atoms with Crippen LogP contribution in [0.2, 0.25) is 0 Å². The molecule has 102 valence electrons. The lowest BCUT2D eigenvalue weighted by Gasteiger charge is -2.19. The van der Waals surface area contributed by atoms with Gasteiger partial charge in [0, 0.05) is 21.7 Å². The van der Waals surface area contributed by atoms with Crippen molar-refractivity contribution in [3.8, 4) is 0 Å². The van der Waals surface area contributed by atoms with Gasteiger partial charge in [-0.05, 0) is 75.0 Å². The predicted molar refractivity (Wildman–Crippen MR) is 88.8 cm³/mol. The van der Waals surface area contributed by atoms with Gasteiger partial charge in [0.15, 0.2) is 0 Å². The van der Waals surface area contributed by atoms with Crippen molar-refractivity contribution in [2.24, 2.45) is 0 Å². The number of hydrogen-bond acceptors (Lipinski definition) is 3. The summed E-state index contributed by atoms with van der Waals surface area (Å²) in [5.41, 5.74) is 2.52. The molecule has 2 aromatic heterocycles. The highest BCUT2D eigenvalue weighted by molar-refractivity contribution is 9.13. The molecule has 2 aromatic rings. The van der Waals surface area contributed by atoms with Gasteiger partial charge < -0.3 is 5.32 Å². The summed E-state index contributed by atoms with van der Waals surface area (Å²) >= 11 is 8.89. The van der Waals surface area contributed by atoms with E-state index in [0.29, 0.717) is 0 Å². The van der Waals surface area contributed by atoms with Crippen molar-refractivity contribution in [1.29, 1.82) is 0 Å². The lowest BCUT2D eigenvalue weighted by molar-refractivity contribution is 0.602. The van der Waals surface area contributed by atoms with Crippen LogP contribution in [0.25, 0.3) is 0 Å². The van der Waals surface area contributed by atoms with Gasteiger partial charge in [0.05, 0.1) is 9.83 Å². The molecule has 0 aliphatic rings. The Balaban J connectivity index is 2.38. The Hall–Kier alpha value is -0.230. The molecule has 0 saturated heterocycles. The third-order valence-corrected chi connectivity index (χ3v) is 6.26. The molecule has 0 amide bonds. The fourth-order valence-electron chi connectivity index (χ4n) is 1.94. The molecule has 5 heteroatoms. The van der Waals surface area contributed by atoms with Crippen molar-refractivity contribution in [3.63, 3.8) is 0 Å². The van der Waals surface area contributed by atoms with E-state index < -0.39 is 0 Å². The molecule has 0 bridgehead atoms. The third kappa shape index (κ3) is 3.66. The molecule has 1 atom stereocenters. The van der Waals surface area contributed by atoms with Gasteiger partial charge in [0.1, 0.15) is 0 Å². The van der Waals surface area contributed by atoms with Gasteiger partial charge in [-0.1, -0.05) is 6.92 Å². The van der Waals surface area contributed by atoms with Crippen molar-refractivity contribution < 1.29 is 0 Å². The Morgan fingerprint density at radius 2 is 2.21 bits per heavy atom. The van der Waals surface area contributed by atoms with E-state index in [1.807, 2.05) is 12.4 Å². The predicted octanol–water partition coefficient (Wildman–Crippen LogP) is 5.07. The van der Waals surface area contributed by atoms with Crippen molar-refractivity contribution in [3.05, 3.63) is 48.8 Å². The van der Waals surface area contributed by atoms with Crippen LogP contribution < -0.4 is 5.32 Å². The van der Waals surface area contributed by atoms with E-state index in [2.05, 4.69) is 68.1 Å². The molecule has 2 rings (SSSR count). The number of hydrogen-bond donors (Lipinski definition) is 1. The Morgan fingerprint density at radius 3 is 2.79 bits per heavy atom. The van der Waals surface area contributed by atoms with E-state index >= 15 is 0 Å². The van der Waals surface area contributed by atoms with Crippen molar-refractivity contribution >= 4 is 43.2 Å². The zero-order valence-electron chi connectivity index (χ0n) is 10.9. The Labute approximate surface area is 134 Å². The second-order valence-electron chi connectivity index (χ2n) is 4.39. The number of halogens is 2. The van der Waals surface area contributed by atoms with E-state index in [0.717, 1.165) is 21.2 Å². The molecule has 19 heavy (non-hydrogen) atoms. The van der Waals surface area contributed by atoms with Crippen molar-refractivity contribution in [2.45, 2.75) is 26.3 Å². The third-order valence-electron chi connectivity index (χ3n) is 2.94. The van der Waals surface area contributed by atoms with E-state index in [4.69, 9.17) is 0 Å². The molecular weight excluding hydrogens is 388 g/mol. The summed E-state index contributed by atoms with van der Waals surface area (Å²) in [7, 11) is 0. The minimum absolute atomic E-state index is 0.209. The zero-order valence-corrected chi connectivity index (χ0v) is 14.9. The highest BCUT2D eigenvalue weighted by Gasteiger charge is 2.19. The van der Waals surface area contributed by atoms with Crippen LogP contribution in [0.5, 0.6) is 0 Å². The van der Waals surface area contributed by atoms with E-state index in [-0.39, 0.29) is 6.04 Å². The monoisotopic (exact) mass is 402 g/mol. The number of aromatic nitrogens is 1. The van der Waals surface area contributed by atoms with Gasteiger partial charge in [0.2, 0.25) is 0 Å². The molecule has 1 unspecified atom stereocenters. The van der Waals surface area contributed by atoms with Gasteiger partial charge in [-0.3, -0.25) is 4.98 Å². The lowest BCUT2D eigenvalue weighted by atomic mass is 10.0. The highest BCUT2D eigenvalue weighted by atomic mass is 79.9. The molecule has 2 heterocycles. The fourth-order valence-corrected chi connectivity index (χ4v) is 4.12. The average Bonchev–Trinajstić information content (AvgIpc) is 2.72. The summed E-state index contributed by atoms with van der Waals surface area (Å²) in [6.07, 6.45) is 4.92. The van der Waals surface area contributed by atoms with Gasteiger partial charge >= 0.3 is 0 Å². The highest BCUT2D eigenvalue weighted by Crippen LogP contribution is 2.38. The lowest BCUT2D eigenvalue weighted by Crippen LogP contribution is -2.23. The molecule has 0 aliphatic carbocycles. The summed E-state index contributed by atoms with van der Waals surface area (Å²) in [4.78, 5) is 5.57. The number of nitrogens with zero attached hydrogens (tertiary/aromatic N) is 1. The number of aryl methyl sites for hydroxylation is 1. The van der Waals surface area contributed by atoms with E-state index in [1.165, 1.54) is 16.0 Å². The first kappa shape index (κ1) is 15.2. The summed E-state index contributed by atoms with van der Waals surface area (Å²) in [5, 5.41) is 3.61. The summed E-state index contributed by atoms with van der Waals surface area (Å²) < 4.78 is 2.24. The number of rotatable bonds is 5. The summed E-state index contributed by atoms with van der Waals surface area (Å²) in [6, 6.07) is 4.45. The minimum Gasteiger partial charge on any atom is -0.306 e. The number of thiophene rings is 1. The van der Waals surface area contributed by atoms with Crippen molar-refractivity contribution in [2.75, 3.05) is 6.54 Å². The first-order chi connectivity index (χ1) is 9.13. The maximum absolute atomic E-state index is 4.27. The van der Waals surface area contributed by atoms with Gasteiger partial charge in [0.25, 0.3) is 0 Å². The minimum atomic E-state index is 0.209. The molecule has 0 saturated carbocycles. The molecule has 0 fully saturated rings. The molecule has 2 nitrogen and oxygen atoms in total. The maximum Gasteiger partial charge on any atom is 0.0843 e. The van der Waals surface area contributed by atoms with Crippen LogP contribution in [0.15, 0.2) is 32.8 Å². The number of pyridine rings is 1. The van der Waals surface area contributed by atoms with Crippen LogP contribution in [0.3, 0.4) is 0 Å². The first-order valence-corrected chi connectivity index (χ1v) is 8.62. The SMILES string of the molecule is CCCNC(c1cc(Br)c(Br)s1)c1cnccc1C. The van der Waals surface area contributed by atoms with E-state index in [1.54, 1.807) is 11.3 Å². The molecular formula is C14H16Br2N2S. The molecule has 0 radical (unpaired) electrons. The van der Waals surface area contributed by atoms with Crippen molar-refractivity contribution in [1.82, 2.24) is 10.3 Å². The molecule has 0 aromatic carbocycles. The maximum atomic E-state index is 4.27. The van der Waals surface area contributed by atoms with Gasteiger partial charge in [-0.25, -0.2) is 0 Å². The smallest absolute Gasteiger partial charge is 0.0843 e. The standard InChI is InChI=1S/C14H16Br2N2S/c1-3-5-18-13(10-8-17-6-4-9(10)2)12-7-11(15)14(16)19-12/h4,6-8,13,18H,3,5H2,1-2H3. The van der Waals surface area contributed by atoms with E-state index in [9.17, 15) is 0 Å². The molecule has 0 spiro atoms. The topological polar surface area (TPSA) is 24.9 Å². The van der Waals surface area contributed by atoms with Gasteiger partial charge in [-0.2, -0.15) is 0 Å². The Kier molecular flexibility index (Phi) is 5.57. The van der Waals surface area contributed by atoms with Crippen LogP contribution in [-0.2, 0) is 0 Å².